The Labute approximate surface area is 144 Å². The molecule has 0 bridgehead atoms. The van der Waals surface area contributed by atoms with Crippen LogP contribution >= 0.6 is 0 Å². The molecule has 1 heterocycles. The lowest BCUT2D eigenvalue weighted by Crippen LogP contribution is -2.18. The van der Waals surface area contributed by atoms with Crippen LogP contribution in [0.2, 0.25) is 0 Å². The Morgan fingerprint density at radius 1 is 0.923 bits per heavy atom. The number of hydrogen-bond donors (Lipinski definition) is 1. The third kappa shape index (κ3) is 3.09. The van der Waals surface area contributed by atoms with Crippen molar-refractivity contribution in [2.24, 2.45) is 7.05 Å². The van der Waals surface area contributed by atoms with Gasteiger partial charge in [-0.2, -0.15) is 26.3 Å². The fourth-order valence-corrected chi connectivity index (χ4v) is 2.78. The second-order valence-electron chi connectivity index (χ2n) is 5.79. The summed E-state index contributed by atoms with van der Waals surface area (Å²) in [5.74, 6) is 0.0131. The minimum Gasteiger partial charge on any atom is -0.325 e. The highest BCUT2D eigenvalue weighted by molar-refractivity contribution is 5.82. The van der Waals surface area contributed by atoms with E-state index in [0.29, 0.717) is 17.1 Å². The molecule has 2 aromatic carbocycles. The molecule has 0 fully saturated rings. The number of aromatic nitrogens is 2. The van der Waals surface area contributed by atoms with Crippen LogP contribution in [0.5, 0.6) is 0 Å². The number of halogens is 6. The largest absolute Gasteiger partial charge is 0.419 e. The van der Waals surface area contributed by atoms with Gasteiger partial charge in [0.05, 0.1) is 27.8 Å². The number of hydrogen-bond acceptors (Lipinski definition) is 2. The second-order valence-corrected chi connectivity index (χ2v) is 5.79. The van der Waals surface area contributed by atoms with Gasteiger partial charge in [-0.3, -0.25) is 0 Å². The van der Waals surface area contributed by atoms with Crippen LogP contribution in [0, 0.1) is 6.92 Å². The predicted molar refractivity (Wildman–Crippen MR) is 85.2 cm³/mol. The van der Waals surface area contributed by atoms with Crippen molar-refractivity contribution in [3.8, 4) is 0 Å². The zero-order valence-electron chi connectivity index (χ0n) is 13.6. The van der Waals surface area contributed by atoms with Gasteiger partial charge in [-0.05, 0) is 30.7 Å². The Balaban J connectivity index is 2.17. The van der Waals surface area contributed by atoms with Gasteiger partial charge in [-0.1, -0.05) is 18.2 Å². The van der Waals surface area contributed by atoms with Crippen LogP contribution in [0.25, 0.3) is 11.0 Å². The topological polar surface area (TPSA) is 29.9 Å². The van der Waals surface area contributed by atoms with E-state index in [1.54, 1.807) is 32.2 Å². The first-order chi connectivity index (χ1) is 12.0. The monoisotopic (exact) mass is 373 g/mol. The molecule has 0 atom stereocenters. The zero-order valence-corrected chi connectivity index (χ0v) is 13.6. The summed E-state index contributed by atoms with van der Waals surface area (Å²) in [6.45, 7) is 1.78. The molecule has 3 aromatic rings. The maximum absolute atomic E-state index is 13.3. The standard InChI is InChI=1S/C17H13F6N3/c1-9-5-3-8-12-14(9)25-15(26(12)2)24-11-7-4-6-10(16(18,19)20)13(11)17(21,22)23/h3-8H,1-2H3,(H,24,25). The van der Waals surface area contributed by atoms with E-state index in [9.17, 15) is 26.3 Å². The summed E-state index contributed by atoms with van der Waals surface area (Å²) in [4.78, 5) is 4.23. The lowest BCUT2D eigenvalue weighted by atomic mass is 10.0. The molecule has 26 heavy (non-hydrogen) atoms. The maximum Gasteiger partial charge on any atom is 0.419 e. The van der Waals surface area contributed by atoms with Gasteiger partial charge in [0.1, 0.15) is 0 Å². The number of nitrogens with zero attached hydrogens (tertiary/aromatic N) is 2. The van der Waals surface area contributed by atoms with E-state index >= 15 is 0 Å². The number of benzene rings is 2. The van der Waals surface area contributed by atoms with Crippen LogP contribution in [-0.4, -0.2) is 9.55 Å². The molecule has 0 amide bonds. The second kappa shape index (κ2) is 5.93. The van der Waals surface area contributed by atoms with E-state index < -0.39 is 29.2 Å². The van der Waals surface area contributed by atoms with Crippen LogP contribution in [-0.2, 0) is 19.4 Å². The maximum atomic E-state index is 13.3. The number of alkyl halides is 6. The van der Waals surface area contributed by atoms with Crippen molar-refractivity contribution in [2.75, 3.05) is 5.32 Å². The number of rotatable bonds is 2. The Hall–Kier alpha value is -2.71. The Kier molecular flexibility index (Phi) is 4.12. The lowest BCUT2D eigenvalue weighted by Gasteiger charge is -2.19. The van der Waals surface area contributed by atoms with E-state index in [2.05, 4.69) is 10.3 Å². The van der Waals surface area contributed by atoms with Crippen LogP contribution in [0.3, 0.4) is 0 Å². The van der Waals surface area contributed by atoms with Gasteiger partial charge in [0, 0.05) is 7.05 Å². The molecule has 3 nitrogen and oxygen atoms in total. The van der Waals surface area contributed by atoms with Crippen molar-refractivity contribution in [2.45, 2.75) is 19.3 Å². The molecule has 0 unspecified atom stereocenters. The van der Waals surface area contributed by atoms with Gasteiger partial charge in [0.25, 0.3) is 0 Å². The minimum atomic E-state index is -5.19. The number of fused-ring (bicyclic) bond motifs is 1. The van der Waals surface area contributed by atoms with Crippen LogP contribution in [0.15, 0.2) is 36.4 Å². The number of imidazole rings is 1. The van der Waals surface area contributed by atoms with Gasteiger partial charge >= 0.3 is 12.4 Å². The van der Waals surface area contributed by atoms with Gasteiger partial charge < -0.3 is 9.88 Å². The Morgan fingerprint density at radius 3 is 2.15 bits per heavy atom. The number of nitrogens with one attached hydrogen (secondary N) is 1. The average Bonchev–Trinajstić information content (AvgIpc) is 2.83. The summed E-state index contributed by atoms with van der Waals surface area (Å²) < 4.78 is 80.7. The van der Waals surface area contributed by atoms with Gasteiger partial charge in [0.15, 0.2) is 0 Å². The molecule has 0 saturated carbocycles. The average molecular weight is 373 g/mol. The molecule has 0 aliphatic carbocycles. The van der Waals surface area contributed by atoms with Crippen LogP contribution in [0.1, 0.15) is 16.7 Å². The molecule has 0 saturated heterocycles. The SMILES string of the molecule is Cc1cccc2c1nc(Nc1cccc(C(F)(F)F)c1C(F)(F)F)n2C. The molecule has 0 aliphatic heterocycles. The molecular formula is C17H13F6N3. The summed E-state index contributed by atoms with van der Waals surface area (Å²) in [5, 5.41) is 2.41. The number of anilines is 2. The summed E-state index contributed by atoms with van der Waals surface area (Å²) in [6.07, 6.45) is -10.3. The van der Waals surface area contributed by atoms with Gasteiger partial charge in [-0.15, -0.1) is 0 Å². The highest BCUT2D eigenvalue weighted by Gasteiger charge is 2.45. The molecular weight excluding hydrogens is 360 g/mol. The van der Waals surface area contributed by atoms with E-state index in [4.69, 9.17) is 0 Å². The van der Waals surface area contributed by atoms with E-state index in [-0.39, 0.29) is 5.95 Å². The number of aryl methyl sites for hydroxylation is 2. The highest BCUT2D eigenvalue weighted by Crippen LogP contribution is 2.44. The van der Waals surface area contributed by atoms with Crippen molar-refractivity contribution < 1.29 is 26.3 Å². The zero-order chi connectivity index (χ0) is 19.3. The summed E-state index contributed by atoms with van der Waals surface area (Å²) in [7, 11) is 1.57. The highest BCUT2D eigenvalue weighted by atomic mass is 19.4. The molecule has 1 aromatic heterocycles. The van der Waals surface area contributed by atoms with E-state index in [0.717, 1.165) is 17.7 Å². The molecule has 0 radical (unpaired) electrons. The van der Waals surface area contributed by atoms with Crippen molar-refractivity contribution >= 4 is 22.7 Å². The van der Waals surface area contributed by atoms with Crippen molar-refractivity contribution in [1.82, 2.24) is 9.55 Å². The minimum absolute atomic E-state index is 0.0131. The van der Waals surface area contributed by atoms with Crippen LogP contribution in [0.4, 0.5) is 38.0 Å². The van der Waals surface area contributed by atoms with Crippen molar-refractivity contribution in [3.05, 3.63) is 53.1 Å². The first-order valence-electron chi connectivity index (χ1n) is 7.46. The normalized spacial score (nSPS) is 12.6. The van der Waals surface area contributed by atoms with E-state index in [1.807, 2.05) is 0 Å². The third-order valence-corrected chi connectivity index (χ3v) is 4.01. The summed E-state index contributed by atoms with van der Waals surface area (Å²) in [6, 6.07) is 7.54. The predicted octanol–water partition coefficient (Wildman–Crippen LogP) is 5.66. The smallest absolute Gasteiger partial charge is 0.325 e. The van der Waals surface area contributed by atoms with Crippen LogP contribution < -0.4 is 5.32 Å². The molecule has 138 valence electrons. The molecule has 0 spiro atoms. The number of para-hydroxylation sites is 1. The summed E-state index contributed by atoms with van der Waals surface area (Å²) in [5.41, 5.74) is -2.22. The van der Waals surface area contributed by atoms with Gasteiger partial charge in [-0.25, -0.2) is 4.98 Å². The molecule has 0 aliphatic rings. The Bertz CT molecular complexity index is 969. The lowest BCUT2D eigenvalue weighted by molar-refractivity contribution is -0.161. The van der Waals surface area contributed by atoms with E-state index in [1.165, 1.54) is 4.57 Å². The fourth-order valence-electron chi connectivity index (χ4n) is 2.78. The van der Waals surface area contributed by atoms with Gasteiger partial charge in [0.2, 0.25) is 5.95 Å². The third-order valence-electron chi connectivity index (χ3n) is 4.01. The summed E-state index contributed by atoms with van der Waals surface area (Å²) >= 11 is 0. The van der Waals surface area contributed by atoms with Crippen molar-refractivity contribution in [1.29, 1.82) is 0 Å². The first-order valence-corrected chi connectivity index (χ1v) is 7.46. The quantitative estimate of drug-likeness (QED) is 0.587. The van der Waals surface area contributed by atoms with Crippen molar-refractivity contribution in [3.63, 3.8) is 0 Å². The molecule has 9 heteroatoms. The molecule has 3 rings (SSSR count). The molecule has 1 N–H and O–H groups in total. The Morgan fingerprint density at radius 2 is 1.58 bits per heavy atom. The first kappa shape index (κ1) is 18.1. The fraction of sp³-hybridized carbons (Fsp3) is 0.235.